The van der Waals surface area contributed by atoms with E-state index in [0.717, 1.165) is 10.1 Å². The summed E-state index contributed by atoms with van der Waals surface area (Å²) in [4.78, 5) is 64.6. The highest BCUT2D eigenvalue weighted by molar-refractivity contribution is 5.90. The van der Waals surface area contributed by atoms with Gasteiger partial charge in [-0.2, -0.15) is 0 Å². The number of nitrogens with one attached hydrogen (secondary N) is 1. The number of esters is 1. The molecule has 3 rings (SSSR count). The van der Waals surface area contributed by atoms with E-state index >= 15 is 0 Å². The fraction of sp³-hybridized carbons (Fsp3) is 0.519. The molecule has 1 aromatic carbocycles. The summed E-state index contributed by atoms with van der Waals surface area (Å²) >= 11 is 0. The molecule has 1 fully saturated rings. The number of carbonyl (C=O) groups excluding carboxylic acids is 3. The smallest absolute Gasteiger partial charge is 0.410 e. The highest BCUT2D eigenvalue weighted by atomic mass is 16.6. The van der Waals surface area contributed by atoms with E-state index in [4.69, 9.17) is 9.47 Å². The van der Waals surface area contributed by atoms with Crippen molar-refractivity contribution in [3.8, 4) is 11.1 Å². The van der Waals surface area contributed by atoms with Gasteiger partial charge in [0.25, 0.3) is 5.56 Å². The first kappa shape index (κ1) is 28.7. The minimum atomic E-state index is -0.980. The zero-order valence-corrected chi connectivity index (χ0v) is 23.0. The number of nitrogens with zero attached hydrogens (tertiary/aromatic N) is 3. The second-order valence-electron chi connectivity index (χ2n) is 10.5. The standard InChI is InChI=1S/C27H36N4O7/c1-16-21(23(33)30(6)25(35)29(16)5)18-12-10-17(11-13-18)15-19(24(34)37-7)28-22(32)20-9-8-14-31(20)26(36)38-27(2,3)4/h10-13,19-20H,8-9,14-15H2,1-7H3,(H,28,32)/t19-,20-/m0/s1. The molecule has 1 aliphatic rings. The van der Waals surface area contributed by atoms with Gasteiger partial charge in [0.15, 0.2) is 0 Å². The van der Waals surface area contributed by atoms with Crippen LogP contribution in [-0.4, -0.2) is 63.3 Å². The Hall–Kier alpha value is -3.89. The maximum absolute atomic E-state index is 13.1. The molecule has 0 radical (unpaired) electrons. The molecule has 0 bridgehead atoms. The third-order valence-electron chi connectivity index (χ3n) is 6.63. The summed E-state index contributed by atoms with van der Waals surface area (Å²) in [5, 5.41) is 2.74. The second-order valence-corrected chi connectivity index (χ2v) is 10.5. The lowest BCUT2D eigenvalue weighted by Gasteiger charge is -2.28. The summed E-state index contributed by atoms with van der Waals surface area (Å²) < 4.78 is 12.8. The average molecular weight is 529 g/mol. The van der Waals surface area contributed by atoms with E-state index in [-0.39, 0.29) is 6.42 Å². The normalized spacial score (nSPS) is 16.2. The first-order valence-electron chi connectivity index (χ1n) is 12.5. The molecule has 1 aromatic heterocycles. The van der Waals surface area contributed by atoms with Crippen LogP contribution < -0.4 is 16.6 Å². The van der Waals surface area contributed by atoms with Gasteiger partial charge in [-0.3, -0.25) is 19.1 Å². The molecular formula is C27H36N4O7. The molecule has 11 heteroatoms. The third-order valence-corrected chi connectivity index (χ3v) is 6.63. The molecule has 0 saturated carbocycles. The van der Waals surface area contributed by atoms with Crippen LogP contribution in [0.25, 0.3) is 11.1 Å². The maximum atomic E-state index is 13.1. The molecule has 0 aliphatic carbocycles. The fourth-order valence-electron chi connectivity index (χ4n) is 4.50. The Bertz CT molecular complexity index is 1340. The van der Waals surface area contributed by atoms with Gasteiger partial charge in [-0.25, -0.2) is 14.4 Å². The molecule has 2 amide bonds. The van der Waals surface area contributed by atoms with Gasteiger partial charge in [0.05, 0.1) is 12.7 Å². The highest BCUT2D eigenvalue weighted by Crippen LogP contribution is 2.22. The van der Waals surface area contributed by atoms with E-state index in [1.807, 2.05) is 0 Å². The summed E-state index contributed by atoms with van der Waals surface area (Å²) in [5.74, 6) is -1.07. The van der Waals surface area contributed by atoms with Crippen molar-refractivity contribution in [1.29, 1.82) is 0 Å². The predicted octanol–water partition coefficient (Wildman–Crippen LogP) is 1.66. The second kappa shape index (κ2) is 11.2. The molecule has 1 saturated heterocycles. The van der Waals surface area contributed by atoms with E-state index in [1.165, 1.54) is 23.6 Å². The van der Waals surface area contributed by atoms with Crippen LogP contribution in [0.15, 0.2) is 33.9 Å². The van der Waals surface area contributed by atoms with Crippen molar-refractivity contribution in [2.45, 2.75) is 64.6 Å². The number of aromatic nitrogens is 2. The SMILES string of the molecule is COC(=O)[C@H](Cc1ccc(-c2c(C)n(C)c(=O)n(C)c2=O)cc1)NC(=O)[C@@H]1CCCN1C(=O)OC(C)(C)C. The van der Waals surface area contributed by atoms with Crippen LogP contribution in [0.1, 0.15) is 44.9 Å². The maximum Gasteiger partial charge on any atom is 0.410 e. The van der Waals surface area contributed by atoms with Crippen molar-refractivity contribution in [2.75, 3.05) is 13.7 Å². The molecule has 2 atom stereocenters. The quantitative estimate of drug-likeness (QED) is 0.565. The largest absolute Gasteiger partial charge is 0.467 e. The number of carbonyl (C=O) groups is 3. The fourth-order valence-corrected chi connectivity index (χ4v) is 4.50. The summed E-state index contributed by atoms with van der Waals surface area (Å²) in [5.41, 5.74) is 0.790. The molecule has 38 heavy (non-hydrogen) atoms. The molecule has 2 heterocycles. The number of likely N-dealkylation sites (tertiary alicyclic amines) is 1. The van der Waals surface area contributed by atoms with Gasteiger partial charge in [0.2, 0.25) is 5.91 Å². The Morgan fingerprint density at radius 2 is 1.71 bits per heavy atom. The summed E-state index contributed by atoms with van der Waals surface area (Å²) in [6.07, 6.45) is 0.676. The Morgan fingerprint density at radius 1 is 1.08 bits per heavy atom. The van der Waals surface area contributed by atoms with Crippen LogP contribution in [0.3, 0.4) is 0 Å². The van der Waals surface area contributed by atoms with Crippen LogP contribution in [0.5, 0.6) is 0 Å². The van der Waals surface area contributed by atoms with Crippen LogP contribution in [0.2, 0.25) is 0 Å². The van der Waals surface area contributed by atoms with Crippen LogP contribution in [0, 0.1) is 6.92 Å². The van der Waals surface area contributed by atoms with Crippen molar-refractivity contribution in [3.05, 3.63) is 56.4 Å². The molecule has 11 nitrogen and oxygen atoms in total. The number of hydrogen-bond donors (Lipinski definition) is 1. The number of rotatable bonds is 6. The molecule has 0 unspecified atom stereocenters. The summed E-state index contributed by atoms with van der Waals surface area (Å²) in [6.45, 7) is 7.37. The summed E-state index contributed by atoms with van der Waals surface area (Å²) in [6, 6.07) is 5.25. The van der Waals surface area contributed by atoms with E-state index in [0.29, 0.717) is 36.2 Å². The lowest BCUT2D eigenvalue weighted by molar-refractivity contribution is -0.145. The predicted molar refractivity (Wildman–Crippen MR) is 141 cm³/mol. The molecule has 206 valence electrons. The number of ether oxygens (including phenoxy) is 2. The monoisotopic (exact) mass is 528 g/mol. The number of benzene rings is 1. The number of methoxy groups -OCH3 is 1. The topological polar surface area (TPSA) is 129 Å². The minimum Gasteiger partial charge on any atom is -0.467 e. The van der Waals surface area contributed by atoms with Gasteiger partial charge in [0.1, 0.15) is 17.7 Å². The van der Waals surface area contributed by atoms with Crippen LogP contribution in [-0.2, 0) is 39.6 Å². The lowest BCUT2D eigenvalue weighted by Crippen LogP contribution is -2.52. The van der Waals surface area contributed by atoms with Gasteiger partial charge in [-0.15, -0.1) is 0 Å². The van der Waals surface area contributed by atoms with Gasteiger partial charge >= 0.3 is 17.8 Å². The van der Waals surface area contributed by atoms with Crippen molar-refractivity contribution < 1.29 is 23.9 Å². The number of hydrogen-bond acceptors (Lipinski definition) is 7. The van der Waals surface area contributed by atoms with Crippen molar-refractivity contribution in [3.63, 3.8) is 0 Å². The molecule has 1 aliphatic heterocycles. The Labute approximate surface area is 221 Å². The highest BCUT2D eigenvalue weighted by Gasteiger charge is 2.38. The molecule has 2 aromatic rings. The minimum absolute atomic E-state index is 0.141. The Morgan fingerprint density at radius 3 is 2.29 bits per heavy atom. The van der Waals surface area contributed by atoms with Gasteiger partial charge in [-0.1, -0.05) is 24.3 Å². The van der Waals surface area contributed by atoms with E-state index in [9.17, 15) is 24.0 Å². The van der Waals surface area contributed by atoms with Gasteiger partial charge < -0.3 is 19.4 Å². The lowest BCUT2D eigenvalue weighted by atomic mass is 10.00. The zero-order valence-electron chi connectivity index (χ0n) is 23.0. The van der Waals surface area contributed by atoms with Crippen molar-refractivity contribution in [2.24, 2.45) is 14.1 Å². The van der Waals surface area contributed by atoms with Crippen LogP contribution in [0.4, 0.5) is 4.79 Å². The van der Waals surface area contributed by atoms with Crippen molar-refractivity contribution in [1.82, 2.24) is 19.4 Å². The summed E-state index contributed by atoms with van der Waals surface area (Å²) in [7, 11) is 4.28. The van der Waals surface area contributed by atoms with E-state index in [2.05, 4.69) is 5.32 Å². The molecule has 0 spiro atoms. The van der Waals surface area contributed by atoms with Gasteiger partial charge in [0, 0.05) is 32.8 Å². The molecular weight excluding hydrogens is 492 g/mol. The van der Waals surface area contributed by atoms with Gasteiger partial charge in [-0.05, 0) is 51.7 Å². The Balaban J connectivity index is 1.79. The third kappa shape index (κ3) is 6.15. The van der Waals surface area contributed by atoms with Crippen molar-refractivity contribution >= 4 is 18.0 Å². The van der Waals surface area contributed by atoms with Crippen LogP contribution >= 0.6 is 0 Å². The number of amides is 2. The first-order chi connectivity index (χ1) is 17.7. The average Bonchev–Trinajstić information content (AvgIpc) is 3.36. The molecule has 1 N–H and O–H groups in total. The zero-order chi connectivity index (χ0) is 28.4. The van der Waals surface area contributed by atoms with E-state index < -0.39 is 46.9 Å². The Kier molecular flexibility index (Phi) is 8.48. The van der Waals surface area contributed by atoms with E-state index in [1.54, 1.807) is 59.0 Å². The first-order valence-corrected chi connectivity index (χ1v) is 12.5.